The number of aromatic nitrogens is 2. The number of carboxylic acids is 1. The molecule has 0 saturated carbocycles. The second-order valence-corrected chi connectivity index (χ2v) is 12.2. The summed E-state index contributed by atoms with van der Waals surface area (Å²) in [4.78, 5) is 45.9. The summed E-state index contributed by atoms with van der Waals surface area (Å²) >= 11 is 1.73. The van der Waals surface area contributed by atoms with Gasteiger partial charge in [-0.3, -0.25) is 18.7 Å². The van der Waals surface area contributed by atoms with Gasteiger partial charge in [0.05, 0.1) is 16.8 Å². The van der Waals surface area contributed by atoms with Gasteiger partial charge < -0.3 is 19.8 Å². The first-order chi connectivity index (χ1) is 19.1. The molecule has 1 N–H and O–H groups in total. The molecule has 0 amide bonds. The first-order valence-electron chi connectivity index (χ1n) is 13.7. The Bertz CT molecular complexity index is 1550. The van der Waals surface area contributed by atoms with Crippen molar-refractivity contribution in [3.05, 3.63) is 74.9 Å². The molecule has 2 aromatic carbocycles. The highest BCUT2D eigenvalue weighted by Crippen LogP contribution is 2.49. The molecule has 0 unspecified atom stereocenters. The Morgan fingerprint density at radius 1 is 0.900 bits per heavy atom. The van der Waals surface area contributed by atoms with Crippen LogP contribution in [0.1, 0.15) is 32.3 Å². The van der Waals surface area contributed by atoms with Crippen molar-refractivity contribution in [2.24, 2.45) is 14.1 Å². The number of hydrogen-bond acceptors (Lipinski definition) is 7. The number of nitrogens with zero attached hydrogens (tertiary/aromatic N) is 5. The summed E-state index contributed by atoms with van der Waals surface area (Å²) in [6.07, 6.45) is 1.89. The molecule has 3 aromatic rings. The van der Waals surface area contributed by atoms with Crippen molar-refractivity contribution < 1.29 is 9.90 Å². The van der Waals surface area contributed by atoms with Crippen molar-refractivity contribution >= 4 is 34.9 Å². The number of carbonyl (C=O) groups is 1. The van der Waals surface area contributed by atoms with Crippen LogP contribution >= 0.6 is 11.8 Å². The van der Waals surface area contributed by atoms with Gasteiger partial charge in [0.1, 0.15) is 5.82 Å². The first-order valence-corrected chi connectivity index (χ1v) is 14.6. The number of hydrogen-bond donors (Lipinski definition) is 1. The van der Waals surface area contributed by atoms with Crippen LogP contribution in [0.5, 0.6) is 0 Å². The van der Waals surface area contributed by atoms with Crippen LogP contribution < -0.4 is 21.0 Å². The van der Waals surface area contributed by atoms with Gasteiger partial charge in [0.2, 0.25) is 0 Å². The average molecular weight is 564 g/mol. The molecule has 0 spiro atoms. The summed E-state index contributed by atoms with van der Waals surface area (Å²) in [7, 11) is 3.22. The van der Waals surface area contributed by atoms with E-state index in [0.717, 1.165) is 78.5 Å². The Kier molecular flexibility index (Phi) is 7.83. The minimum atomic E-state index is -0.979. The molecule has 2 aliphatic heterocycles. The summed E-state index contributed by atoms with van der Waals surface area (Å²) in [5.74, 6) is -0.164. The van der Waals surface area contributed by atoms with Crippen molar-refractivity contribution in [1.82, 2.24) is 14.0 Å². The molecule has 5 rings (SSSR count). The van der Waals surface area contributed by atoms with E-state index in [1.54, 1.807) is 43.3 Å². The fraction of sp³-hybridized carbons (Fsp3) is 0.433. The van der Waals surface area contributed by atoms with Gasteiger partial charge in [0.25, 0.3) is 5.56 Å². The zero-order valence-electron chi connectivity index (χ0n) is 23.6. The van der Waals surface area contributed by atoms with E-state index in [-0.39, 0.29) is 11.2 Å². The summed E-state index contributed by atoms with van der Waals surface area (Å²) in [6.45, 7) is 8.58. The second-order valence-electron chi connectivity index (χ2n) is 11.1. The van der Waals surface area contributed by atoms with E-state index in [4.69, 9.17) is 0 Å². The Labute approximate surface area is 238 Å². The molecule has 212 valence electrons. The van der Waals surface area contributed by atoms with Gasteiger partial charge >= 0.3 is 11.7 Å². The van der Waals surface area contributed by atoms with E-state index in [9.17, 15) is 19.5 Å². The summed E-state index contributed by atoms with van der Waals surface area (Å²) < 4.78 is 2.69. The SMILES string of the molecule is Cn1c(N2CCCN(CCCN3c4ccccc4Sc4ccc(C(C)(C)C(=O)O)cc43)CC2)cc(=O)n(C)c1=O. The zero-order valence-corrected chi connectivity index (χ0v) is 24.4. The lowest BCUT2D eigenvalue weighted by atomic mass is 9.84. The fourth-order valence-electron chi connectivity index (χ4n) is 5.48. The summed E-state index contributed by atoms with van der Waals surface area (Å²) in [6, 6.07) is 16.0. The number of rotatable bonds is 7. The zero-order chi connectivity index (χ0) is 28.6. The molecule has 10 heteroatoms. The van der Waals surface area contributed by atoms with E-state index < -0.39 is 11.4 Å². The highest BCUT2D eigenvalue weighted by Gasteiger charge is 2.32. The molecule has 0 aliphatic carbocycles. The van der Waals surface area contributed by atoms with Gasteiger partial charge in [-0.25, -0.2) is 4.79 Å². The van der Waals surface area contributed by atoms with E-state index in [0.29, 0.717) is 5.82 Å². The molecular weight excluding hydrogens is 526 g/mol. The molecule has 9 nitrogen and oxygen atoms in total. The van der Waals surface area contributed by atoms with Crippen LogP contribution in [0.15, 0.2) is 67.9 Å². The van der Waals surface area contributed by atoms with Crippen molar-refractivity contribution in [3.63, 3.8) is 0 Å². The third kappa shape index (κ3) is 5.30. The third-order valence-electron chi connectivity index (χ3n) is 8.15. The summed E-state index contributed by atoms with van der Waals surface area (Å²) in [5.41, 5.74) is 1.44. The van der Waals surface area contributed by atoms with E-state index in [1.807, 2.05) is 12.1 Å². The van der Waals surface area contributed by atoms with Crippen molar-refractivity contribution in [2.75, 3.05) is 49.1 Å². The molecule has 0 radical (unpaired) electrons. The predicted octanol–water partition coefficient (Wildman–Crippen LogP) is 3.65. The molecule has 1 fully saturated rings. The van der Waals surface area contributed by atoms with Crippen LogP contribution in [0.2, 0.25) is 0 Å². The lowest BCUT2D eigenvalue weighted by molar-refractivity contribution is -0.142. The maximum absolute atomic E-state index is 12.4. The highest BCUT2D eigenvalue weighted by molar-refractivity contribution is 7.99. The molecule has 0 atom stereocenters. The molecule has 0 bridgehead atoms. The van der Waals surface area contributed by atoms with Crippen LogP contribution in [0.25, 0.3) is 0 Å². The van der Waals surface area contributed by atoms with Crippen LogP contribution in [0, 0.1) is 0 Å². The quantitative estimate of drug-likeness (QED) is 0.466. The van der Waals surface area contributed by atoms with Crippen molar-refractivity contribution in [3.8, 4) is 0 Å². The Balaban J connectivity index is 1.30. The highest BCUT2D eigenvalue weighted by atomic mass is 32.2. The van der Waals surface area contributed by atoms with Gasteiger partial charge in [-0.05, 0) is 69.6 Å². The number of fused-ring (bicyclic) bond motifs is 2. The monoisotopic (exact) mass is 563 g/mol. The van der Waals surface area contributed by atoms with Crippen LogP contribution in [0.3, 0.4) is 0 Å². The smallest absolute Gasteiger partial charge is 0.332 e. The Morgan fingerprint density at radius 3 is 2.42 bits per heavy atom. The molecular formula is C30H37N5O4S. The number of aliphatic carboxylic acids is 1. The maximum atomic E-state index is 12.4. The number of anilines is 3. The second kappa shape index (κ2) is 11.2. The molecule has 1 saturated heterocycles. The number of para-hydroxylation sites is 1. The Morgan fingerprint density at radius 2 is 1.65 bits per heavy atom. The predicted molar refractivity (Wildman–Crippen MR) is 159 cm³/mol. The van der Waals surface area contributed by atoms with Gasteiger partial charge in [-0.2, -0.15) is 0 Å². The van der Waals surface area contributed by atoms with Gasteiger partial charge in [-0.15, -0.1) is 0 Å². The number of carboxylic acid groups (broad SMARTS) is 1. The van der Waals surface area contributed by atoms with Crippen LogP contribution in [-0.4, -0.2) is 64.4 Å². The van der Waals surface area contributed by atoms with Gasteiger partial charge in [0, 0.05) is 56.1 Å². The van der Waals surface area contributed by atoms with Crippen LogP contribution in [-0.2, 0) is 24.3 Å². The number of benzene rings is 2. The molecule has 2 aliphatic rings. The molecule has 1 aromatic heterocycles. The first kappa shape index (κ1) is 28.0. The lowest BCUT2D eigenvalue weighted by Crippen LogP contribution is -2.41. The van der Waals surface area contributed by atoms with Crippen LogP contribution in [0.4, 0.5) is 17.2 Å². The average Bonchev–Trinajstić information content (AvgIpc) is 3.18. The van der Waals surface area contributed by atoms with Crippen molar-refractivity contribution in [2.45, 2.75) is 41.9 Å². The molecule has 40 heavy (non-hydrogen) atoms. The van der Waals surface area contributed by atoms with Crippen molar-refractivity contribution in [1.29, 1.82) is 0 Å². The topological polar surface area (TPSA) is 91.0 Å². The normalized spacial score (nSPS) is 15.9. The summed E-state index contributed by atoms with van der Waals surface area (Å²) in [5, 5.41) is 9.82. The van der Waals surface area contributed by atoms with E-state index in [2.05, 4.69) is 45.0 Å². The largest absolute Gasteiger partial charge is 0.481 e. The Hall–Kier alpha value is -3.50. The maximum Gasteiger partial charge on any atom is 0.332 e. The fourth-order valence-corrected chi connectivity index (χ4v) is 6.56. The standard InChI is InChI=1S/C30H37N5O4S/c1-30(2,28(37)38)21-11-12-25-23(19-21)35(22-9-5-6-10-24(22)40-25)16-8-14-33-13-7-15-34(18-17-33)26-20-27(36)32(4)29(39)31(26)3/h5-6,9-12,19-20H,7-8,13-18H2,1-4H3,(H,37,38). The minimum absolute atomic E-state index is 0.283. The van der Waals surface area contributed by atoms with E-state index >= 15 is 0 Å². The molecule has 3 heterocycles. The van der Waals surface area contributed by atoms with Gasteiger partial charge in [-0.1, -0.05) is 30.0 Å². The van der Waals surface area contributed by atoms with E-state index in [1.165, 1.54) is 11.9 Å². The van der Waals surface area contributed by atoms with Gasteiger partial charge in [0.15, 0.2) is 0 Å². The lowest BCUT2D eigenvalue weighted by Gasteiger charge is -2.34. The minimum Gasteiger partial charge on any atom is -0.481 e. The third-order valence-corrected chi connectivity index (χ3v) is 9.28.